The number of pyridine rings is 1. The first kappa shape index (κ1) is 24.7. The van der Waals surface area contributed by atoms with Crippen LogP contribution in [0.2, 0.25) is 0 Å². The number of hydrogen-bond donors (Lipinski definition) is 3. The summed E-state index contributed by atoms with van der Waals surface area (Å²) in [5.41, 5.74) is -0.952. The fourth-order valence-corrected chi connectivity index (χ4v) is 6.47. The highest BCUT2D eigenvalue weighted by atomic mass is 32.2. The van der Waals surface area contributed by atoms with Crippen LogP contribution in [0.15, 0.2) is 42.5 Å². The van der Waals surface area contributed by atoms with Crippen molar-refractivity contribution in [3.05, 3.63) is 65.4 Å². The number of nitrogens with zero attached hydrogens (tertiary/aromatic N) is 1. The van der Waals surface area contributed by atoms with E-state index in [1.165, 1.54) is 13.8 Å². The molecule has 1 fully saturated rings. The number of rotatable bonds is 6. The van der Waals surface area contributed by atoms with Crippen LogP contribution >= 0.6 is 11.3 Å². The molecule has 0 spiro atoms. The van der Waals surface area contributed by atoms with E-state index in [1.807, 2.05) is 0 Å². The van der Waals surface area contributed by atoms with E-state index < -0.39 is 33.2 Å². The molecule has 0 aliphatic carbocycles. The van der Waals surface area contributed by atoms with Crippen molar-refractivity contribution in [2.45, 2.75) is 38.4 Å². The lowest BCUT2D eigenvalue weighted by Crippen LogP contribution is -2.27. The Morgan fingerprint density at radius 3 is 2.38 bits per heavy atom. The Morgan fingerprint density at radius 1 is 1.12 bits per heavy atom. The van der Waals surface area contributed by atoms with Crippen LogP contribution in [0, 0.1) is 17.6 Å². The van der Waals surface area contributed by atoms with Gasteiger partial charge in [0.25, 0.3) is 0 Å². The van der Waals surface area contributed by atoms with Crippen molar-refractivity contribution in [1.29, 1.82) is 0 Å². The molecule has 10 heteroatoms. The second kappa shape index (κ2) is 9.33. The lowest BCUT2D eigenvalue weighted by atomic mass is 9.93. The summed E-state index contributed by atoms with van der Waals surface area (Å²) >= 11 is 1.14. The summed E-state index contributed by atoms with van der Waals surface area (Å²) < 4.78 is 52.7. The highest BCUT2D eigenvalue weighted by Crippen LogP contribution is 2.38. The van der Waals surface area contributed by atoms with E-state index in [2.05, 4.69) is 10.3 Å². The highest BCUT2D eigenvalue weighted by molar-refractivity contribution is 7.91. The fraction of sp³-hybridized carbons (Fsp3) is 0.375. The van der Waals surface area contributed by atoms with Crippen molar-refractivity contribution in [3.63, 3.8) is 0 Å². The maximum Gasteiger partial charge on any atom is 0.150 e. The third-order valence-electron chi connectivity index (χ3n) is 5.97. The van der Waals surface area contributed by atoms with Crippen molar-refractivity contribution in [2.75, 3.05) is 16.8 Å². The van der Waals surface area contributed by atoms with E-state index in [4.69, 9.17) is 0 Å². The van der Waals surface area contributed by atoms with Gasteiger partial charge in [0.15, 0.2) is 0 Å². The number of nitrogens with one attached hydrogen (secondary N) is 1. The minimum atomic E-state index is -3.03. The topological polar surface area (TPSA) is 99.5 Å². The van der Waals surface area contributed by atoms with E-state index in [9.17, 15) is 27.4 Å². The molecule has 0 bridgehead atoms. The molecule has 1 aromatic carbocycles. The number of sulfone groups is 1. The van der Waals surface area contributed by atoms with Crippen LogP contribution in [0.3, 0.4) is 0 Å². The molecular weight excluding hydrogens is 482 g/mol. The predicted octanol–water partition coefficient (Wildman–Crippen LogP) is 4.92. The molecule has 34 heavy (non-hydrogen) atoms. The van der Waals surface area contributed by atoms with Crippen LogP contribution in [-0.2, 0) is 15.4 Å². The molecule has 3 aromatic rings. The number of halogens is 2. The number of thiophene rings is 1. The van der Waals surface area contributed by atoms with Gasteiger partial charge < -0.3 is 15.5 Å². The molecule has 0 amide bonds. The lowest BCUT2D eigenvalue weighted by molar-refractivity contribution is 0.0779. The molecule has 1 unspecified atom stereocenters. The summed E-state index contributed by atoms with van der Waals surface area (Å²) in [5, 5.41) is 24.5. The van der Waals surface area contributed by atoms with Crippen LogP contribution in [-0.4, -0.2) is 35.1 Å². The van der Waals surface area contributed by atoms with Crippen molar-refractivity contribution < 1.29 is 27.4 Å². The molecule has 1 atom stereocenters. The molecule has 1 aliphatic heterocycles. The Hall–Kier alpha value is -2.40. The molecule has 1 saturated heterocycles. The minimum Gasteiger partial charge on any atom is -0.387 e. The first-order chi connectivity index (χ1) is 15.9. The van der Waals surface area contributed by atoms with E-state index >= 15 is 0 Å². The zero-order valence-corrected chi connectivity index (χ0v) is 20.4. The van der Waals surface area contributed by atoms with Crippen LogP contribution in [0.1, 0.15) is 44.1 Å². The first-order valence-corrected chi connectivity index (χ1v) is 13.5. The third kappa shape index (κ3) is 5.46. The number of aliphatic hydroxyl groups excluding tert-OH is 1. The second-order valence-electron chi connectivity index (χ2n) is 9.04. The Bertz CT molecular complexity index is 1270. The average molecular weight is 509 g/mol. The second-order valence-corrected chi connectivity index (χ2v) is 12.4. The van der Waals surface area contributed by atoms with Gasteiger partial charge in [-0.25, -0.2) is 22.2 Å². The van der Waals surface area contributed by atoms with Gasteiger partial charge in [-0.1, -0.05) is 6.07 Å². The summed E-state index contributed by atoms with van der Waals surface area (Å²) in [5.74, 6) is -1.13. The highest BCUT2D eigenvalue weighted by Gasteiger charge is 2.30. The number of aromatic nitrogens is 1. The van der Waals surface area contributed by atoms with Crippen LogP contribution in [0.5, 0.6) is 0 Å². The summed E-state index contributed by atoms with van der Waals surface area (Å²) in [4.78, 5) is 4.83. The Labute approximate surface area is 201 Å². The average Bonchev–Trinajstić information content (AvgIpc) is 3.20. The molecular formula is C24H26F2N2O4S2. The Kier molecular flexibility index (Phi) is 6.78. The largest absolute Gasteiger partial charge is 0.387 e. The third-order valence-corrected chi connectivity index (χ3v) is 8.71. The van der Waals surface area contributed by atoms with Gasteiger partial charge in [-0.2, -0.15) is 0 Å². The Balaban J connectivity index is 1.51. The molecule has 4 rings (SSSR count). The van der Waals surface area contributed by atoms with Gasteiger partial charge >= 0.3 is 0 Å². The molecule has 2 aromatic heterocycles. The smallest absolute Gasteiger partial charge is 0.150 e. The normalized spacial score (nSPS) is 17.5. The molecule has 3 N–H and O–H groups in total. The quantitative estimate of drug-likeness (QED) is 0.437. The van der Waals surface area contributed by atoms with Gasteiger partial charge in [-0.15, -0.1) is 11.3 Å². The summed E-state index contributed by atoms with van der Waals surface area (Å²) in [6.07, 6.45) is -0.102. The van der Waals surface area contributed by atoms with E-state index in [1.54, 1.807) is 30.3 Å². The first-order valence-electron chi connectivity index (χ1n) is 10.9. The monoisotopic (exact) mass is 508 g/mol. The van der Waals surface area contributed by atoms with E-state index in [0.29, 0.717) is 34.2 Å². The van der Waals surface area contributed by atoms with Gasteiger partial charge in [-0.3, -0.25) is 0 Å². The molecule has 0 saturated carbocycles. The summed E-state index contributed by atoms with van der Waals surface area (Å²) in [7, 11) is -3.03. The van der Waals surface area contributed by atoms with Crippen molar-refractivity contribution in [2.24, 2.45) is 5.92 Å². The maximum absolute atomic E-state index is 14.7. The van der Waals surface area contributed by atoms with Crippen LogP contribution in [0.4, 0.5) is 19.6 Å². The molecule has 182 valence electrons. The van der Waals surface area contributed by atoms with Gasteiger partial charge in [-0.05, 0) is 74.6 Å². The SMILES string of the molecule is CC(C)(O)c1cc(F)c(-c2ccc(Nc3cccc(C(O)C4CCS(=O)(=O)CC4)n3)s2)c(F)c1. The van der Waals surface area contributed by atoms with Gasteiger partial charge in [0, 0.05) is 4.88 Å². The zero-order chi connectivity index (χ0) is 24.7. The summed E-state index contributed by atoms with van der Waals surface area (Å²) in [6, 6.07) is 10.7. The van der Waals surface area contributed by atoms with Crippen molar-refractivity contribution in [3.8, 4) is 10.4 Å². The van der Waals surface area contributed by atoms with Gasteiger partial charge in [0.1, 0.15) is 27.3 Å². The van der Waals surface area contributed by atoms with Gasteiger partial charge in [0.05, 0.1) is 39.5 Å². The van der Waals surface area contributed by atoms with Crippen LogP contribution in [0.25, 0.3) is 10.4 Å². The lowest BCUT2D eigenvalue weighted by Gasteiger charge is -2.26. The zero-order valence-electron chi connectivity index (χ0n) is 18.8. The summed E-state index contributed by atoms with van der Waals surface area (Å²) in [6.45, 7) is 2.92. The van der Waals surface area contributed by atoms with Crippen molar-refractivity contribution in [1.82, 2.24) is 4.98 Å². The molecule has 6 nitrogen and oxygen atoms in total. The Morgan fingerprint density at radius 2 is 1.76 bits per heavy atom. The molecule has 1 aliphatic rings. The maximum atomic E-state index is 14.7. The predicted molar refractivity (Wildman–Crippen MR) is 129 cm³/mol. The number of aliphatic hydroxyl groups is 2. The van der Waals surface area contributed by atoms with Crippen molar-refractivity contribution >= 4 is 32.0 Å². The van der Waals surface area contributed by atoms with E-state index in [0.717, 1.165) is 23.5 Å². The van der Waals surface area contributed by atoms with Crippen LogP contribution < -0.4 is 5.32 Å². The van der Waals surface area contributed by atoms with E-state index in [-0.39, 0.29) is 28.6 Å². The number of benzene rings is 1. The van der Waals surface area contributed by atoms with Gasteiger partial charge in [0.2, 0.25) is 0 Å². The fourth-order valence-electron chi connectivity index (χ4n) is 3.98. The number of hydrogen-bond acceptors (Lipinski definition) is 7. The molecule has 0 radical (unpaired) electrons. The standard InChI is InChI=1S/C24H26F2N2O4S2/c1-24(2,30)15-12-16(25)22(17(26)13-15)19-6-7-21(33-19)28-20-5-3-4-18(27-20)23(29)14-8-10-34(31,32)11-9-14/h3-7,12-14,23,29-30H,8-11H2,1-2H3,(H,27,28). The molecule has 3 heterocycles. The minimum absolute atomic E-state index is 0.0640. The number of anilines is 2.